The van der Waals surface area contributed by atoms with E-state index in [1.807, 2.05) is 0 Å². The van der Waals surface area contributed by atoms with Crippen molar-refractivity contribution in [3.8, 4) is 0 Å². The number of hydrogen-bond donors (Lipinski definition) is 1. The summed E-state index contributed by atoms with van der Waals surface area (Å²) < 4.78 is 11.5. The molecule has 0 amide bonds. The van der Waals surface area contributed by atoms with Crippen LogP contribution in [-0.2, 0) is 16.9 Å². The van der Waals surface area contributed by atoms with Gasteiger partial charge in [0.05, 0.1) is 12.7 Å². The second-order valence-electron chi connectivity index (χ2n) is 5.33. The molecule has 96 valence electrons. The van der Waals surface area contributed by atoms with Crippen LogP contribution in [0, 0.1) is 5.92 Å². The van der Waals surface area contributed by atoms with Crippen LogP contribution in [0.25, 0.3) is 0 Å². The minimum Gasteiger partial charge on any atom is -0.441 e. The summed E-state index contributed by atoms with van der Waals surface area (Å²) in [4.78, 5) is 4.29. The van der Waals surface area contributed by atoms with Gasteiger partial charge in [-0.25, -0.2) is 4.98 Å². The molecule has 0 saturated carbocycles. The second kappa shape index (κ2) is 5.19. The van der Waals surface area contributed by atoms with Gasteiger partial charge in [-0.15, -0.1) is 0 Å². The van der Waals surface area contributed by atoms with Crippen LogP contribution < -0.4 is 5.32 Å². The molecule has 0 bridgehead atoms. The van der Waals surface area contributed by atoms with Crippen molar-refractivity contribution in [3.05, 3.63) is 17.8 Å². The van der Waals surface area contributed by atoms with Crippen LogP contribution in [0.4, 0.5) is 0 Å². The third-order valence-corrected chi connectivity index (χ3v) is 3.12. The van der Waals surface area contributed by atoms with Crippen molar-refractivity contribution in [1.29, 1.82) is 0 Å². The van der Waals surface area contributed by atoms with Crippen molar-refractivity contribution in [1.82, 2.24) is 10.3 Å². The standard InChI is InChI=1S/C13H22N2O2/c1-10(2)7-14-9-12-15-8-11(17-12)13(3)5-4-6-16-13/h8,10,14H,4-7,9H2,1-3H3. The molecular formula is C13H22N2O2. The highest BCUT2D eigenvalue weighted by Crippen LogP contribution is 2.35. The molecule has 0 spiro atoms. The second-order valence-corrected chi connectivity index (χ2v) is 5.33. The van der Waals surface area contributed by atoms with Crippen molar-refractivity contribution < 1.29 is 9.15 Å². The van der Waals surface area contributed by atoms with Gasteiger partial charge in [-0.1, -0.05) is 13.8 Å². The lowest BCUT2D eigenvalue weighted by Gasteiger charge is -2.19. The van der Waals surface area contributed by atoms with Crippen LogP contribution in [0.3, 0.4) is 0 Å². The van der Waals surface area contributed by atoms with E-state index in [0.717, 1.165) is 37.6 Å². The first-order chi connectivity index (χ1) is 8.10. The molecule has 1 aliphatic rings. The zero-order valence-corrected chi connectivity index (χ0v) is 11.0. The van der Waals surface area contributed by atoms with E-state index in [-0.39, 0.29) is 5.60 Å². The summed E-state index contributed by atoms with van der Waals surface area (Å²) in [6.07, 6.45) is 3.91. The molecule has 0 aliphatic carbocycles. The molecule has 1 aromatic heterocycles. The van der Waals surface area contributed by atoms with Gasteiger partial charge in [-0.3, -0.25) is 0 Å². The molecule has 1 N–H and O–H groups in total. The molecule has 1 atom stereocenters. The maximum atomic E-state index is 5.75. The molecule has 2 heterocycles. The number of nitrogens with zero attached hydrogens (tertiary/aromatic N) is 1. The molecule has 4 nitrogen and oxygen atoms in total. The summed E-state index contributed by atoms with van der Waals surface area (Å²) in [6, 6.07) is 0. The van der Waals surface area contributed by atoms with Crippen LogP contribution in [-0.4, -0.2) is 18.1 Å². The van der Waals surface area contributed by atoms with Gasteiger partial charge in [-0.2, -0.15) is 0 Å². The highest BCUT2D eigenvalue weighted by Gasteiger charge is 2.35. The molecule has 17 heavy (non-hydrogen) atoms. The molecule has 1 aliphatic heterocycles. The Morgan fingerprint density at radius 1 is 1.53 bits per heavy atom. The fourth-order valence-electron chi connectivity index (χ4n) is 2.08. The van der Waals surface area contributed by atoms with Crippen LogP contribution >= 0.6 is 0 Å². The van der Waals surface area contributed by atoms with E-state index in [9.17, 15) is 0 Å². The predicted octanol–water partition coefficient (Wildman–Crippen LogP) is 2.45. The molecule has 0 radical (unpaired) electrons. The number of rotatable bonds is 5. The Labute approximate surface area is 103 Å². The van der Waals surface area contributed by atoms with Crippen LogP contribution in [0.2, 0.25) is 0 Å². The molecule has 0 aromatic carbocycles. The molecule has 1 aromatic rings. The number of aromatic nitrogens is 1. The lowest BCUT2D eigenvalue weighted by molar-refractivity contribution is -0.00171. The smallest absolute Gasteiger partial charge is 0.208 e. The van der Waals surface area contributed by atoms with Gasteiger partial charge in [-0.05, 0) is 32.2 Å². The van der Waals surface area contributed by atoms with E-state index >= 15 is 0 Å². The van der Waals surface area contributed by atoms with E-state index in [0.29, 0.717) is 12.5 Å². The van der Waals surface area contributed by atoms with Crippen molar-refractivity contribution in [3.63, 3.8) is 0 Å². The fraction of sp³-hybridized carbons (Fsp3) is 0.769. The van der Waals surface area contributed by atoms with E-state index < -0.39 is 0 Å². The van der Waals surface area contributed by atoms with E-state index in [1.54, 1.807) is 6.20 Å². The Morgan fingerprint density at radius 3 is 3.00 bits per heavy atom. The van der Waals surface area contributed by atoms with Gasteiger partial charge in [0.1, 0.15) is 5.60 Å². The number of nitrogens with one attached hydrogen (secondary N) is 1. The average molecular weight is 238 g/mol. The Bertz CT molecular complexity index is 354. The largest absolute Gasteiger partial charge is 0.441 e. The minimum atomic E-state index is -0.261. The maximum absolute atomic E-state index is 5.75. The molecular weight excluding hydrogens is 216 g/mol. The number of ether oxygens (including phenoxy) is 1. The molecule has 1 unspecified atom stereocenters. The number of hydrogen-bond acceptors (Lipinski definition) is 4. The van der Waals surface area contributed by atoms with Gasteiger partial charge in [0.2, 0.25) is 5.89 Å². The SMILES string of the molecule is CC(C)CNCc1ncc(C2(C)CCCO2)o1. The minimum absolute atomic E-state index is 0.261. The fourth-order valence-corrected chi connectivity index (χ4v) is 2.08. The zero-order chi connectivity index (χ0) is 12.3. The number of oxazole rings is 1. The summed E-state index contributed by atoms with van der Waals surface area (Å²) >= 11 is 0. The first kappa shape index (κ1) is 12.6. The maximum Gasteiger partial charge on any atom is 0.208 e. The first-order valence-corrected chi connectivity index (χ1v) is 6.40. The topological polar surface area (TPSA) is 47.3 Å². The summed E-state index contributed by atoms with van der Waals surface area (Å²) in [5.74, 6) is 2.24. The molecule has 4 heteroatoms. The molecule has 1 saturated heterocycles. The van der Waals surface area contributed by atoms with E-state index in [4.69, 9.17) is 9.15 Å². The predicted molar refractivity (Wildman–Crippen MR) is 65.6 cm³/mol. The third kappa shape index (κ3) is 3.07. The quantitative estimate of drug-likeness (QED) is 0.856. The Balaban J connectivity index is 1.91. The summed E-state index contributed by atoms with van der Waals surface area (Å²) in [5.41, 5.74) is -0.261. The van der Waals surface area contributed by atoms with Gasteiger partial charge in [0.15, 0.2) is 5.76 Å². The first-order valence-electron chi connectivity index (χ1n) is 6.40. The third-order valence-electron chi connectivity index (χ3n) is 3.12. The van der Waals surface area contributed by atoms with Crippen molar-refractivity contribution >= 4 is 0 Å². The van der Waals surface area contributed by atoms with Gasteiger partial charge in [0, 0.05) is 6.61 Å². The van der Waals surface area contributed by atoms with Crippen molar-refractivity contribution in [2.45, 2.75) is 45.8 Å². The summed E-state index contributed by atoms with van der Waals surface area (Å²) in [7, 11) is 0. The van der Waals surface area contributed by atoms with Crippen LogP contribution in [0.15, 0.2) is 10.6 Å². The molecule has 2 rings (SSSR count). The Morgan fingerprint density at radius 2 is 2.35 bits per heavy atom. The average Bonchev–Trinajstić information content (AvgIpc) is 2.87. The molecule has 1 fully saturated rings. The van der Waals surface area contributed by atoms with E-state index in [1.165, 1.54) is 0 Å². The van der Waals surface area contributed by atoms with E-state index in [2.05, 4.69) is 31.1 Å². The lowest BCUT2D eigenvalue weighted by atomic mass is 10.0. The highest BCUT2D eigenvalue weighted by molar-refractivity contribution is 5.07. The monoisotopic (exact) mass is 238 g/mol. The normalized spacial score (nSPS) is 24.7. The van der Waals surface area contributed by atoms with Crippen molar-refractivity contribution in [2.75, 3.05) is 13.2 Å². The summed E-state index contributed by atoms with van der Waals surface area (Å²) in [5, 5.41) is 3.32. The highest BCUT2D eigenvalue weighted by atomic mass is 16.5. The lowest BCUT2D eigenvalue weighted by Crippen LogP contribution is -2.20. The van der Waals surface area contributed by atoms with Gasteiger partial charge in [0.25, 0.3) is 0 Å². The van der Waals surface area contributed by atoms with Gasteiger partial charge >= 0.3 is 0 Å². The Hall–Kier alpha value is -0.870. The zero-order valence-electron chi connectivity index (χ0n) is 11.0. The summed E-state index contributed by atoms with van der Waals surface area (Å²) in [6.45, 7) is 8.92. The van der Waals surface area contributed by atoms with Crippen molar-refractivity contribution in [2.24, 2.45) is 5.92 Å². The van der Waals surface area contributed by atoms with Crippen LogP contribution in [0.1, 0.15) is 45.3 Å². The van der Waals surface area contributed by atoms with Gasteiger partial charge < -0.3 is 14.5 Å². The Kier molecular flexibility index (Phi) is 3.84. The van der Waals surface area contributed by atoms with Crippen LogP contribution in [0.5, 0.6) is 0 Å².